The summed E-state index contributed by atoms with van der Waals surface area (Å²) in [6.07, 6.45) is 7.41. The smallest absolute Gasteiger partial charge is 0.237 e. The molecular formula is C11H20N6OS3. The Balaban J connectivity index is 2.39. The van der Waals surface area contributed by atoms with E-state index in [1.165, 1.54) is 23.9 Å². The second-order valence-electron chi connectivity index (χ2n) is 4.20. The molecule has 10 heteroatoms. The number of rotatable bonds is 8. The lowest BCUT2D eigenvalue weighted by Gasteiger charge is -2.23. The van der Waals surface area contributed by atoms with E-state index in [2.05, 4.69) is 15.3 Å². The van der Waals surface area contributed by atoms with Crippen LogP contribution in [0.4, 0.5) is 0 Å². The molecule has 2 atom stereocenters. The minimum absolute atomic E-state index is 0.256. The number of nitrogens with zero attached hydrogens (tertiary/aromatic N) is 2. The monoisotopic (exact) mass is 348 g/mol. The summed E-state index contributed by atoms with van der Waals surface area (Å²) in [5.74, 6) is -0.261. The number of nitrogens with two attached hydrogens (primary N) is 2. The Hall–Kier alpha value is -0.810. The molecule has 21 heavy (non-hydrogen) atoms. The van der Waals surface area contributed by atoms with Gasteiger partial charge in [0, 0.05) is 37.4 Å². The van der Waals surface area contributed by atoms with Crippen molar-refractivity contribution in [2.24, 2.45) is 11.5 Å². The zero-order valence-corrected chi connectivity index (χ0v) is 14.4. The maximum Gasteiger partial charge on any atom is 0.237 e. The number of carbonyl (C=O) groups excluding carboxylic acids is 1. The van der Waals surface area contributed by atoms with Crippen LogP contribution in [0.15, 0.2) is 12.5 Å². The van der Waals surface area contributed by atoms with Gasteiger partial charge in [0.15, 0.2) is 0 Å². The topological polar surface area (TPSA) is 113 Å². The second-order valence-corrected chi connectivity index (χ2v) is 6.31. The summed E-state index contributed by atoms with van der Waals surface area (Å²) in [7, 11) is 0. The standard InChI is InChI=1S/C11H20N6OS3/c1-20-17(21-2)11(19)9(13)5-15-10(18)8(12)3-7-4-14-6-16-7/h4,6,8-9H,3,5,12-13H2,1-2H3,(H,14,16)(H,15,18)/t8-,9?/m0/s1. The Kier molecular flexibility index (Phi) is 8.04. The molecule has 1 amide bonds. The van der Waals surface area contributed by atoms with Gasteiger partial charge in [-0.05, 0) is 23.9 Å². The van der Waals surface area contributed by atoms with Crippen LogP contribution in [-0.2, 0) is 11.2 Å². The SMILES string of the molecule is CSN(SC)C(=S)C(N)CNC(=O)[C@@H](N)Cc1cnc[nH]1. The first kappa shape index (κ1) is 18.2. The summed E-state index contributed by atoms with van der Waals surface area (Å²) in [4.78, 5) is 19.3. The first-order valence-corrected chi connectivity index (χ1v) is 8.95. The Labute approximate surface area is 138 Å². The summed E-state index contributed by atoms with van der Waals surface area (Å²) in [6, 6.07) is -1.08. The van der Waals surface area contributed by atoms with Gasteiger partial charge < -0.3 is 21.8 Å². The predicted molar refractivity (Wildman–Crippen MR) is 92.7 cm³/mol. The molecule has 1 rings (SSSR count). The van der Waals surface area contributed by atoms with Gasteiger partial charge in [-0.15, -0.1) is 0 Å². The molecule has 118 valence electrons. The number of thiocarbonyl (C=S) groups is 1. The summed E-state index contributed by atoms with van der Waals surface area (Å²) in [6.45, 7) is 0.256. The van der Waals surface area contributed by atoms with E-state index in [-0.39, 0.29) is 12.5 Å². The minimum Gasteiger partial charge on any atom is -0.353 e. The molecule has 0 saturated heterocycles. The number of aromatic nitrogens is 2. The van der Waals surface area contributed by atoms with Crippen LogP contribution in [0.1, 0.15) is 5.69 Å². The van der Waals surface area contributed by atoms with Gasteiger partial charge in [0.05, 0.1) is 18.4 Å². The normalized spacial score (nSPS) is 13.5. The Morgan fingerprint density at radius 2 is 2.14 bits per heavy atom. The van der Waals surface area contributed by atoms with E-state index in [0.29, 0.717) is 11.4 Å². The van der Waals surface area contributed by atoms with Crippen molar-refractivity contribution in [3.63, 3.8) is 0 Å². The number of aromatic amines is 1. The molecule has 1 unspecified atom stereocenters. The molecule has 1 heterocycles. The van der Waals surface area contributed by atoms with Gasteiger partial charge >= 0.3 is 0 Å². The quantitative estimate of drug-likeness (QED) is 0.381. The van der Waals surface area contributed by atoms with Crippen LogP contribution in [0.25, 0.3) is 0 Å². The van der Waals surface area contributed by atoms with Gasteiger partial charge in [-0.2, -0.15) is 0 Å². The lowest BCUT2D eigenvalue weighted by Crippen LogP contribution is -2.49. The number of H-pyrrole nitrogens is 1. The molecule has 0 bridgehead atoms. The zero-order chi connectivity index (χ0) is 15.8. The van der Waals surface area contributed by atoms with Gasteiger partial charge in [0.2, 0.25) is 5.91 Å². The van der Waals surface area contributed by atoms with Crippen molar-refractivity contribution in [2.75, 3.05) is 19.1 Å². The molecule has 7 nitrogen and oxygen atoms in total. The molecule has 0 spiro atoms. The summed E-state index contributed by atoms with van der Waals surface area (Å²) in [5, 5.41) is 2.72. The Morgan fingerprint density at radius 3 is 2.67 bits per heavy atom. The number of amides is 1. The van der Waals surface area contributed by atoms with Crippen LogP contribution in [0.5, 0.6) is 0 Å². The maximum absolute atomic E-state index is 11.9. The fourth-order valence-corrected chi connectivity index (χ4v) is 3.30. The lowest BCUT2D eigenvalue weighted by atomic mass is 10.1. The second kappa shape index (κ2) is 9.26. The third-order valence-corrected chi connectivity index (χ3v) is 5.32. The molecule has 0 saturated carbocycles. The highest BCUT2D eigenvalue weighted by atomic mass is 32.2. The molecule has 0 aliphatic carbocycles. The van der Waals surface area contributed by atoms with Crippen molar-refractivity contribution >= 4 is 47.0 Å². The number of hydrogen-bond acceptors (Lipinski definition) is 7. The molecular weight excluding hydrogens is 328 g/mol. The van der Waals surface area contributed by atoms with Crippen LogP contribution in [0.3, 0.4) is 0 Å². The van der Waals surface area contributed by atoms with E-state index >= 15 is 0 Å². The summed E-state index contributed by atoms with van der Waals surface area (Å²) >= 11 is 8.22. The van der Waals surface area contributed by atoms with E-state index in [0.717, 1.165) is 5.69 Å². The lowest BCUT2D eigenvalue weighted by molar-refractivity contribution is -0.122. The molecule has 0 aliphatic heterocycles. The molecule has 0 aromatic carbocycles. The maximum atomic E-state index is 11.9. The Morgan fingerprint density at radius 1 is 1.48 bits per heavy atom. The number of nitrogens with one attached hydrogen (secondary N) is 2. The number of imidazole rings is 1. The van der Waals surface area contributed by atoms with E-state index in [9.17, 15) is 4.79 Å². The van der Waals surface area contributed by atoms with Crippen LogP contribution in [0.2, 0.25) is 0 Å². The zero-order valence-electron chi connectivity index (χ0n) is 11.9. The van der Waals surface area contributed by atoms with Crippen molar-refractivity contribution in [3.05, 3.63) is 18.2 Å². The Bertz CT molecular complexity index is 451. The van der Waals surface area contributed by atoms with Crippen molar-refractivity contribution in [1.82, 2.24) is 19.0 Å². The summed E-state index contributed by atoms with van der Waals surface area (Å²) in [5.41, 5.74) is 12.6. The van der Waals surface area contributed by atoms with Gasteiger partial charge in [-0.1, -0.05) is 12.2 Å². The van der Waals surface area contributed by atoms with Crippen molar-refractivity contribution in [1.29, 1.82) is 0 Å². The first-order chi connectivity index (χ1) is 9.99. The highest BCUT2D eigenvalue weighted by Crippen LogP contribution is 2.18. The first-order valence-electron chi connectivity index (χ1n) is 6.17. The van der Waals surface area contributed by atoms with Crippen molar-refractivity contribution in [3.8, 4) is 0 Å². The largest absolute Gasteiger partial charge is 0.353 e. The highest BCUT2D eigenvalue weighted by Gasteiger charge is 2.19. The minimum atomic E-state index is -0.650. The molecule has 1 aromatic rings. The summed E-state index contributed by atoms with van der Waals surface area (Å²) < 4.78 is 1.83. The molecule has 0 radical (unpaired) electrons. The van der Waals surface area contributed by atoms with Crippen LogP contribution >= 0.6 is 36.1 Å². The molecule has 0 aliphatic rings. The van der Waals surface area contributed by atoms with Gasteiger partial charge in [-0.3, -0.25) is 8.51 Å². The molecule has 6 N–H and O–H groups in total. The molecule has 0 fully saturated rings. The third kappa shape index (κ3) is 5.83. The van der Waals surface area contributed by atoms with Gasteiger partial charge in [0.25, 0.3) is 0 Å². The van der Waals surface area contributed by atoms with E-state index < -0.39 is 12.1 Å². The average molecular weight is 349 g/mol. The van der Waals surface area contributed by atoms with Crippen molar-refractivity contribution < 1.29 is 4.79 Å². The van der Waals surface area contributed by atoms with Crippen LogP contribution < -0.4 is 16.8 Å². The number of hydrogen-bond donors (Lipinski definition) is 4. The molecule has 1 aromatic heterocycles. The van der Waals surface area contributed by atoms with Gasteiger partial charge in [-0.25, -0.2) is 4.98 Å². The highest BCUT2D eigenvalue weighted by molar-refractivity contribution is 8.13. The van der Waals surface area contributed by atoms with E-state index in [1.807, 2.05) is 16.2 Å². The van der Waals surface area contributed by atoms with E-state index in [4.69, 9.17) is 23.7 Å². The van der Waals surface area contributed by atoms with Crippen LogP contribution in [0, 0.1) is 0 Å². The fraction of sp³-hybridized carbons (Fsp3) is 0.545. The van der Waals surface area contributed by atoms with E-state index in [1.54, 1.807) is 12.5 Å². The predicted octanol–water partition coefficient (Wildman–Crippen LogP) is -0.0916. The average Bonchev–Trinajstić information content (AvgIpc) is 2.98. The number of carbonyl (C=O) groups is 1. The third-order valence-electron chi connectivity index (χ3n) is 2.66. The van der Waals surface area contributed by atoms with Gasteiger partial charge in [0.1, 0.15) is 4.99 Å². The van der Waals surface area contributed by atoms with Crippen LogP contribution in [-0.4, -0.2) is 55.7 Å². The fourth-order valence-electron chi connectivity index (χ4n) is 1.54. The van der Waals surface area contributed by atoms with Crippen molar-refractivity contribution in [2.45, 2.75) is 18.5 Å².